The Labute approximate surface area is 156 Å². The standard InChI is InChI=1S/C25H14N2/c26-15-16-12-13-24-22(14-16)18-7-2-1-6-17(18)20-9-5-10-21-19-8-3-4-11-23(19)27(24)25(20)21/h1-14H. The van der Waals surface area contributed by atoms with Gasteiger partial charge in [0.1, 0.15) is 0 Å². The van der Waals surface area contributed by atoms with Crippen LogP contribution in [0.4, 0.5) is 0 Å². The molecule has 1 aliphatic rings. The van der Waals surface area contributed by atoms with E-state index in [9.17, 15) is 5.26 Å². The fourth-order valence-corrected chi connectivity index (χ4v) is 4.46. The summed E-state index contributed by atoms with van der Waals surface area (Å²) in [6.07, 6.45) is 0. The molecule has 0 atom stereocenters. The molecule has 2 nitrogen and oxygen atoms in total. The van der Waals surface area contributed by atoms with Crippen LogP contribution in [0.2, 0.25) is 0 Å². The Morgan fingerprint density at radius 1 is 0.630 bits per heavy atom. The molecule has 4 aromatic carbocycles. The van der Waals surface area contributed by atoms with E-state index in [2.05, 4.69) is 83.4 Å². The smallest absolute Gasteiger partial charge is 0.0991 e. The monoisotopic (exact) mass is 342 g/mol. The molecule has 27 heavy (non-hydrogen) atoms. The van der Waals surface area contributed by atoms with Gasteiger partial charge >= 0.3 is 0 Å². The van der Waals surface area contributed by atoms with Crippen LogP contribution in [-0.4, -0.2) is 4.57 Å². The lowest BCUT2D eigenvalue weighted by molar-refractivity contribution is 1.19. The number of nitrogens with zero attached hydrogens (tertiary/aromatic N) is 2. The van der Waals surface area contributed by atoms with Gasteiger partial charge in [0, 0.05) is 21.9 Å². The number of aromatic nitrogens is 1. The molecule has 5 aromatic rings. The minimum atomic E-state index is 0.683. The molecule has 124 valence electrons. The van der Waals surface area contributed by atoms with Crippen molar-refractivity contribution in [1.29, 1.82) is 5.26 Å². The minimum Gasteiger partial charge on any atom is -0.308 e. The Kier molecular flexibility index (Phi) is 2.71. The van der Waals surface area contributed by atoms with Crippen LogP contribution in [0.5, 0.6) is 0 Å². The van der Waals surface area contributed by atoms with Crippen molar-refractivity contribution >= 4 is 21.8 Å². The average molecular weight is 342 g/mol. The number of hydrogen-bond acceptors (Lipinski definition) is 1. The molecule has 0 saturated carbocycles. The quantitative estimate of drug-likeness (QED) is 0.318. The van der Waals surface area contributed by atoms with Crippen molar-refractivity contribution in [2.75, 3.05) is 0 Å². The first-order chi connectivity index (χ1) is 13.4. The predicted octanol–water partition coefficient (Wildman–Crippen LogP) is 6.30. The largest absolute Gasteiger partial charge is 0.308 e. The Hall–Kier alpha value is -3.83. The third-order valence-electron chi connectivity index (χ3n) is 5.57. The first-order valence-electron chi connectivity index (χ1n) is 9.03. The molecule has 1 aromatic heterocycles. The Balaban J connectivity index is 1.95. The van der Waals surface area contributed by atoms with Crippen molar-refractivity contribution in [3.63, 3.8) is 0 Å². The summed E-state index contributed by atoms with van der Waals surface area (Å²) in [5.74, 6) is 0. The third kappa shape index (κ3) is 1.78. The Morgan fingerprint density at radius 2 is 1.33 bits per heavy atom. The molecule has 0 bridgehead atoms. The summed E-state index contributed by atoms with van der Waals surface area (Å²) in [6.45, 7) is 0. The van der Waals surface area contributed by atoms with E-state index in [0.717, 1.165) is 11.3 Å². The number of nitriles is 1. The van der Waals surface area contributed by atoms with E-state index < -0.39 is 0 Å². The second-order valence-electron chi connectivity index (χ2n) is 6.94. The topological polar surface area (TPSA) is 28.7 Å². The molecule has 1 aliphatic heterocycles. The van der Waals surface area contributed by atoms with Crippen LogP contribution in [0.3, 0.4) is 0 Å². The van der Waals surface area contributed by atoms with Gasteiger partial charge in [0.05, 0.1) is 28.4 Å². The van der Waals surface area contributed by atoms with Crippen molar-refractivity contribution < 1.29 is 0 Å². The number of hydrogen-bond donors (Lipinski definition) is 0. The second-order valence-corrected chi connectivity index (χ2v) is 6.94. The zero-order valence-electron chi connectivity index (χ0n) is 14.5. The Morgan fingerprint density at radius 3 is 2.19 bits per heavy atom. The molecule has 0 radical (unpaired) electrons. The number of fused-ring (bicyclic) bond motifs is 8. The molecule has 0 fully saturated rings. The van der Waals surface area contributed by atoms with Crippen molar-refractivity contribution in [2.24, 2.45) is 0 Å². The van der Waals surface area contributed by atoms with E-state index in [4.69, 9.17) is 0 Å². The predicted molar refractivity (Wildman–Crippen MR) is 110 cm³/mol. The van der Waals surface area contributed by atoms with Crippen LogP contribution in [0.1, 0.15) is 5.56 Å². The highest BCUT2D eigenvalue weighted by molar-refractivity contribution is 6.16. The molecular weight excluding hydrogens is 328 g/mol. The molecule has 0 aliphatic carbocycles. The Bertz CT molecular complexity index is 1430. The van der Waals surface area contributed by atoms with E-state index >= 15 is 0 Å². The van der Waals surface area contributed by atoms with Crippen LogP contribution >= 0.6 is 0 Å². The summed E-state index contributed by atoms with van der Waals surface area (Å²) in [6, 6.07) is 31.9. The molecular formula is C25H14N2. The van der Waals surface area contributed by atoms with Gasteiger partial charge in [-0.05, 0) is 35.4 Å². The van der Waals surface area contributed by atoms with Crippen molar-refractivity contribution in [1.82, 2.24) is 4.57 Å². The molecule has 0 amide bonds. The van der Waals surface area contributed by atoms with E-state index in [1.165, 1.54) is 38.5 Å². The SMILES string of the molecule is N#Cc1ccc2c(c1)-c1ccccc1-c1cccc3c4ccccc4n-2c13. The molecule has 0 spiro atoms. The maximum atomic E-state index is 9.46. The van der Waals surface area contributed by atoms with Gasteiger partial charge in [-0.25, -0.2) is 0 Å². The highest BCUT2D eigenvalue weighted by Gasteiger charge is 2.23. The normalized spacial score (nSPS) is 11.7. The summed E-state index contributed by atoms with van der Waals surface area (Å²) >= 11 is 0. The zero-order valence-corrected chi connectivity index (χ0v) is 14.5. The zero-order chi connectivity index (χ0) is 18.0. The third-order valence-corrected chi connectivity index (χ3v) is 5.57. The lowest BCUT2D eigenvalue weighted by Gasteiger charge is -2.12. The van der Waals surface area contributed by atoms with Gasteiger partial charge in [-0.3, -0.25) is 0 Å². The lowest BCUT2D eigenvalue weighted by Crippen LogP contribution is -1.96. The van der Waals surface area contributed by atoms with Crippen LogP contribution in [0, 0.1) is 11.3 Å². The minimum absolute atomic E-state index is 0.683. The molecule has 0 unspecified atom stereocenters. The molecule has 0 N–H and O–H groups in total. The first kappa shape index (κ1) is 14.4. The highest BCUT2D eigenvalue weighted by atomic mass is 15.0. The van der Waals surface area contributed by atoms with Crippen molar-refractivity contribution in [2.45, 2.75) is 0 Å². The van der Waals surface area contributed by atoms with Crippen LogP contribution in [-0.2, 0) is 0 Å². The molecule has 6 rings (SSSR count). The van der Waals surface area contributed by atoms with Gasteiger partial charge in [-0.2, -0.15) is 5.26 Å². The van der Waals surface area contributed by atoms with Crippen molar-refractivity contribution in [3.8, 4) is 34.0 Å². The summed E-state index contributed by atoms with van der Waals surface area (Å²) < 4.78 is 2.36. The maximum absolute atomic E-state index is 9.46. The summed E-state index contributed by atoms with van der Waals surface area (Å²) in [5.41, 5.74) is 8.94. The van der Waals surface area contributed by atoms with Gasteiger partial charge in [0.25, 0.3) is 0 Å². The van der Waals surface area contributed by atoms with Gasteiger partial charge in [-0.15, -0.1) is 0 Å². The fraction of sp³-hybridized carbons (Fsp3) is 0. The number of para-hydroxylation sites is 2. The van der Waals surface area contributed by atoms with E-state index in [-0.39, 0.29) is 0 Å². The van der Waals surface area contributed by atoms with E-state index in [1.807, 2.05) is 12.1 Å². The fourth-order valence-electron chi connectivity index (χ4n) is 4.46. The van der Waals surface area contributed by atoms with Gasteiger partial charge in [-0.1, -0.05) is 60.7 Å². The average Bonchev–Trinajstić information content (AvgIpc) is 3.01. The summed E-state index contributed by atoms with van der Waals surface area (Å²) in [4.78, 5) is 0. The van der Waals surface area contributed by atoms with Gasteiger partial charge in [0.15, 0.2) is 0 Å². The van der Waals surface area contributed by atoms with Crippen LogP contribution in [0.25, 0.3) is 49.7 Å². The molecule has 2 heterocycles. The van der Waals surface area contributed by atoms with Crippen molar-refractivity contribution in [3.05, 3.63) is 90.5 Å². The van der Waals surface area contributed by atoms with Gasteiger partial charge in [0.2, 0.25) is 0 Å². The van der Waals surface area contributed by atoms with Gasteiger partial charge < -0.3 is 4.57 Å². The van der Waals surface area contributed by atoms with E-state index in [1.54, 1.807) is 0 Å². The number of rotatable bonds is 0. The number of benzene rings is 4. The van der Waals surface area contributed by atoms with E-state index in [0.29, 0.717) is 5.56 Å². The lowest BCUT2D eigenvalue weighted by atomic mass is 9.93. The second kappa shape index (κ2) is 5.09. The van der Waals surface area contributed by atoms with Crippen LogP contribution < -0.4 is 0 Å². The van der Waals surface area contributed by atoms with Crippen LogP contribution in [0.15, 0.2) is 84.9 Å². The summed E-state index contributed by atoms with van der Waals surface area (Å²) in [7, 11) is 0. The maximum Gasteiger partial charge on any atom is 0.0991 e. The molecule has 2 heteroatoms. The summed E-state index contributed by atoms with van der Waals surface area (Å²) in [5, 5.41) is 12.0. The first-order valence-corrected chi connectivity index (χ1v) is 9.03. The molecule has 0 saturated heterocycles. The highest BCUT2D eigenvalue weighted by Crippen LogP contribution is 2.46.